The number of hydrogen-bond donors (Lipinski definition) is 0. The van der Waals surface area contributed by atoms with Gasteiger partial charge in [-0.2, -0.15) is 0 Å². The molecule has 9 heteroatoms. The van der Waals surface area contributed by atoms with Crippen LogP contribution in [-0.4, -0.2) is 14.8 Å². The van der Waals surface area contributed by atoms with Gasteiger partial charge in [0.2, 0.25) is 0 Å². The van der Waals surface area contributed by atoms with Crippen LogP contribution in [0.3, 0.4) is 0 Å². The van der Waals surface area contributed by atoms with Gasteiger partial charge in [0.1, 0.15) is 16.7 Å². The van der Waals surface area contributed by atoms with E-state index in [0.717, 1.165) is 0 Å². The molecule has 4 aromatic carbocycles. The van der Waals surface area contributed by atoms with Crippen LogP contribution in [0.1, 0.15) is 33.4 Å². The van der Waals surface area contributed by atoms with E-state index in [0.29, 0.717) is 16.7 Å². The summed E-state index contributed by atoms with van der Waals surface area (Å²) < 4.78 is 0. The normalized spacial score (nSPS) is 11.4. The second-order valence-corrected chi connectivity index (χ2v) is 8.29. The van der Waals surface area contributed by atoms with Crippen LogP contribution in [0.4, 0.5) is 17.1 Å². The van der Waals surface area contributed by atoms with Gasteiger partial charge in [0, 0.05) is 0 Å². The Bertz CT molecular complexity index is 1400. The highest BCUT2D eigenvalue weighted by Gasteiger charge is 2.39. The summed E-state index contributed by atoms with van der Waals surface area (Å²) in [4.78, 5) is 34.7. The molecule has 9 nitrogen and oxygen atoms in total. The number of hydrogen-bond acceptors (Lipinski definition) is 6. The molecule has 0 saturated carbocycles. The summed E-state index contributed by atoms with van der Waals surface area (Å²) in [7, 11) is 0. The Morgan fingerprint density at radius 3 is 0.821 bits per heavy atom. The number of nitro benzene ring substituents is 3. The lowest BCUT2D eigenvalue weighted by molar-refractivity contribution is -0.403. The second-order valence-electron chi connectivity index (χ2n) is 8.29. The first-order valence-electron chi connectivity index (χ1n) is 11.7. The molecular formula is C30H21N3O6. The van der Waals surface area contributed by atoms with Crippen LogP contribution in [0.15, 0.2) is 91.0 Å². The molecule has 4 rings (SSSR count). The largest absolute Gasteiger partial charge is 0.297 e. The Morgan fingerprint density at radius 1 is 0.385 bits per heavy atom. The van der Waals surface area contributed by atoms with Crippen molar-refractivity contribution in [3.05, 3.63) is 155 Å². The van der Waals surface area contributed by atoms with Crippen molar-refractivity contribution in [2.24, 2.45) is 0 Å². The summed E-state index contributed by atoms with van der Waals surface area (Å²) in [5.41, 5.74) is -1.31. The van der Waals surface area contributed by atoms with Crippen LogP contribution in [0.25, 0.3) is 36.5 Å². The molecule has 0 spiro atoms. The molecule has 0 saturated heterocycles. The van der Waals surface area contributed by atoms with Crippen LogP contribution >= 0.6 is 0 Å². The van der Waals surface area contributed by atoms with E-state index in [1.807, 2.05) is 0 Å². The van der Waals surface area contributed by atoms with E-state index < -0.39 is 31.8 Å². The van der Waals surface area contributed by atoms with Gasteiger partial charge in [0.05, 0.1) is 14.8 Å². The zero-order valence-electron chi connectivity index (χ0n) is 20.4. The van der Waals surface area contributed by atoms with Gasteiger partial charge in [0.25, 0.3) is 17.1 Å². The minimum Gasteiger partial charge on any atom is -0.258 e. The molecule has 39 heavy (non-hydrogen) atoms. The zero-order valence-corrected chi connectivity index (χ0v) is 20.4. The van der Waals surface area contributed by atoms with E-state index in [9.17, 15) is 30.3 Å². The van der Waals surface area contributed by atoms with Gasteiger partial charge in [-0.3, -0.25) is 30.3 Å². The van der Waals surface area contributed by atoms with Gasteiger partial charge in [-0.05, 0) is 34.9 Å². The fourth-order valence-corrected chi connectivity index (χ4v) is 4.07. The molecule has 0 aromatic heterocycles. The van der Waals surface area contributed by atoms with Crippen molar-refractivity contribution in [3.8, 4) is 0 Å². The molecule has 192 valence electrons. The smallest absolute Gasteiger partial charge is 0.258 e. The molecule has 0 radical (unpaired) electrons. The third kappa shape index (κ3) is 6.17. The van der Waals surface area contributed by atoms with Crippen molar-refractivity contribution < 1.29 is 14.8 Å². The number of benzene rings is 4. The average Bonchev–Trinajstić information content (AvgIpc) is 2.94. The Kier molecular flexibility index (Phi) is 8.13. The van der Waals surface area contributed by atoms with Crippen LogP contribution in [0, 0.1) is 30.3 Å². The third-order valence-corrected chi connectivity index (χ3v) is 5.80. The topological polar surface area (TPSA) is 129 Å². The minimum atomic E-state index is -0.819. The molecule has 0 aliphatic carbocycles. The van der Waals surface area contributed by atoms with Crippen LogP contribution in [0.2, 0.25) is 0 Å². The predicted molar refractivity (Wildman–Crippen MR) is 153 cm³/mol. The summed E-state index contributed by atoms with van der Waals surface area (Å²) >= 11 is 0. The molecule has 0 bridgehead atoms. The Morgan fingerprint density at radius 2 is 0.615 bits per heavy atom. The molecule has 0 aliphatic rings. The number of nitro groups is 3. The predicted octanol–water partition coefficient (Wildman–Crippen LogP) is 7.92. The zero-order chi connectivity index (χ0) is 27.8. The average molecular weight is 520 g/mol. The first kappa shape index (κ1) is 26.4. The molecule has 0 N–H and O–H groups in total. The fourth-order valence-electron chi connectivity index (χ4n) is 4.07. The van der Waals surface area contributed by atoms with E-state index in [1.165, 1.54) is 36.5 Å². The quantitative estimate of drug-likeness (QED) is 0.125. The maximum absolute atomic E-state index is 12.4. The highest BCUT2D eigenvalue weighted by atomic mass is 16.6. The van der Waals surface area contributed by atoms with Crippen LogP contribution in [-0.2, 0) is 0 Å². The van der Waals surface area contributed by atoms with Crippen molar-refractivity contribution in [1.29, 1.82) is 0 Å². The van der Waals surface area contributed by atoms with Crippen LogP contribution < -0.4 is 0 Å². The number of nitrogens with zero attached hydrogens (tertiary/aromatic N) is 3. The summed E-state index contributed by atoms with van der Waals surface area (Å²) in [5.74, 6) is 0. The lowest BCUT2D eigenvalue weighted by atomic mass is 9.94. The van der Waals surface area contributed by atoms with Gasteiger partial charge in [-0.1, -0.05) is 109 Å². The minimum absolute atomic E-state index is 0.347. The van der Waals surface area contributed by atoms with Gasteiger partial charge in [-0.15, -0.1) is 0 Å². The molecule has 0 fully saturated rings. The lowest BCUT2D eigenvalue weighted by Crippen LogP contribution is -2.07. The van der Waals surface area contributed by atoms with E-state index in [-0.39, 0.29) is 16.7 Å². The van der Waals surface area contributed by atoms with Crippen molar-refractivity contribution >= 4 is 53.5 Å². The molecule has 0 amide bonds. The first-order valence-corrected chi connectivity index (χ1v) is 11.7. The molecule has 0 aliphatic heterocycles. The maximum atomic E-state index is 12.4. The highest BCUT2D eigenvalue weighted by molar-refractivity contribution is 5.96. The summed E-state index contributed by atoms with van der Waals surface area (Å²) in [6.07, 6.45) is 8.27. The standard InChI is InChI=1S/C30H21N3O6/c34-31(35)28-25(19-16-22-10-4-1-5-11-22)29(32(36)37)27(21-18-24-14-8-3-9-15-24)30(33(38)39)26(28)20-17-23-12-6-2-7-13-23/h1-21H/b19-16+,20-17+,21-18+. The fraction of sp³-hybridized carbons (Fsp3) is 0. The Balaban J connectivity index is 2.09. The highest BCUT2D eigenvalue weighted by Crippen LogP contribution is 2.45. The van der Waals surface area contributed by atoms with Gasteiger partial charge < -0.3 is 0 Å². The van der Waals surface area contributed by atoms with Crippen molar-refractivity contribution in [3.63, 3.8) is 0 Å². The molecule has 0 unspecified atom stereocenters. The summed E-state index contributed by atoms with van der Waals surface area (Å²) in [6, 6.07) is 26.2. The van der Waals surface area contributed by atoms with Crippen LogP contribution in [0.5, 0.6) is 0 Å². The molecule has 4 aromatic rings. The summed E-state index contributed by atoms with van der Waals surface area (Å²) in [5, 5.41) is 37.1. The van der Waals surface area contributed by atoms with Crippen molar-refractivity contribution in [2.45, 2.75) is 0 Å². The van der Waals surface area contributed by atoms with E-state index in [1.54, 1.807) is 91.0 Å². The van der Waals surface area contributed by atoms with E-state index in [2.05, 4.69) is 0 Å². The molecule has 0 heterocycles. The summed E-state index contributed by atoms with van der Waals surface area (Å²) in [6.45, 7) is 0. The lowest BCUT2D eigenvalue weighted by Gasteiger charge is -2.09. The SMILES string of the molecule is O=[N+]([O-])c1c(/C=C/c2ccccc2)c([N+](=O)[O-])c(/C=C/c2ccccc2)c([N+](=O)[O-])c1/C=C/c1ccccc1. The van der Waals surface area contributed by atoms with Gasteiger partial charge in [-0.25, -0.2) is 0 Å². The van der Waals surface area contributed by atoms with Crippen molar-refractivity contribution in [1.82, 2.24) is 0 Å². The van der Waals surface area contributed by atoms with Crippen molar-refractivity contribution in [2.75, 3.05) is 0 Å². The Hall–Kier alpha value is -5.70. The van der Waals surface area contributed by atoms with Gasteiger partial charge in [0.15, 0.2) is 0 Å². The van der Waals surface area contributed by atoms with E-state index >= 15 is 0 Å². The number of rotatable bonds is 9. The maximum Gasteiger partial charge on any atom is 0.297 e. The second kappa shape index (κ2) is 12.0. The third-order valence-electron chi connectivity index (χ3n) is 5.80. The van der Waals surface area contributed by atoms with E-state index in [4.69, 9.17) is 0 Å². The Labute approximate surface area is 223 Å². The van der Waals surface area contributed by atoms with Gasteiger partial charge >= 0.3 is 0 Å². The first-order chi connectivity index (χ1) is 18.9. The monoisotopic (exact) mass is 519 g/mol. The molecule has 0 atom stereocenters. The molecular weight excluding hydrogens is 498 g/mol.